The van der Waals surface area contributed by atoms with Crippen molar-refractivity contribution in [1.29, 1.82) is 0 Å². The number of rotatable bonds is 0. The fourth-order valence-electron chi connectivity index (χ4n) is 12.0. The average molecular weight is 1490 g/mol. The Bertz CT molecular complexity index is 4800. The van der Waals surface area contributed by atoms with E-state index in [1.807, 2.05) is 191 Å². The third kappa shape index (κ3) is 30.2. The summed E-state index contributed by atoms with van der Waals surface area (Å²) < 4.78 is 2.18. The summed E-state index contributed by atoms with van der Waals surface area (Å²) in [6.07, 6.45) is 8.33. The highest BCUT2D eigenvalue weighted by atomic mass is 28.3. The molecule has 0 fully saturated rings. The molecule has 1 aliphatic heterocycles. The van der Waals surface area contributed by atoms with Gasteiger partial charge in [0.2, 0.25) is 5.71 Å². The van der Waals surface area contributed by atoms with E-state index in [9.17, 15) is 0 Å². The van der Waals surface area contributed by atoms with Crippen molar-refractivity contribution in [3.05, 3.63) is 289 Å². The Balaban J connectivity index is 0. The van der Waals surface area contributed by atoms with Crippen LogP contribution in [0.25, 0.3) is 108 Å². The van der Waals surface area contributed by atoms with Gasteiger partial charge in [0, 0.05) is 15.0 Å². The summed E-state index contributed by atoms with van der Waals surface area (Å²) in [5.41, 5.74) is 6.52. The maximum absolute atomic E-state index is 4.41. The highest BCUT2D eigenvalue weighted by Crippen LogP contribution is 2.38. The first kappa shape index (κ1) is 103. The number of likely N-dealkylation sites (N-methyl/N-ethyl adjacent to an activating group) is 1. The molecule has 14 aromatic carbocycles. The third-order valence-corrected chi connectivity index (χ3v) is 16.0. The lowest BCUT2D eigenvalue weighted by atomic mass is 9.92. The van der Waals surface area contributed by atoms with Gasteiger partial charge in [-0.25, -0.2) is 0 Å². The molecule has 0 spiro atoms. The molecule has 0 radical (unpaired) electrons. The van der Waals surface area contributed by atoms with Gasteiger partial charge in [0.15, 0.2) is 6.04 Å². The first-order chi connectivity index (χ1) is 53.4. The molecule has 0 bridgehead atoms. The molecule has 1 unspecified atom stereocenters. The van der Waals surface area contributed by atoms with E-state index >= 15 is 0 Å². The Morgan fingerprint density at radius 3 is 0.973 bits per heavy atom. The molecular weight excluding hydrogens is 1340 g/mol. The van der Waals surface area contributed by atoms with Gasteiger partial charge < -0.3 is 4.90 Å². The lowest BCUT2D eigenvalue weighted by Gasteiger charge is -2.11. The lowest BCUT2D eigenvalue weighted by molar-refractivity contribution is -0.504. The van der Waals surface area contributed by atoms with Crippen molar-refractivity contribution in [2.45, 2.75) is 219 Å². The van der Waals surface area contributed by atoms with Gasteiger partial charge in [-0.1, -0.05) is 439 Å². The number of benzene rings is 14. The normalized spacial score (nSPS) is 11.2. The number of hydrogen-bond acceptors (Lipinski definition) is 2. The summed E-state index contributed by atoms with van der Waals surface area (Å²) in [5, 5.41) is 27.0. The minimum Gasteiger partial charge on any atom is -0.312 e. The quantitative estimate of drug-likeness (QED) is 0.0841. The molecule has 1 aliphatic carbocycles. The van der Waals surface area contributed by atoms with Crippen LogP contribution in [0.1, 0.15) is 181 Å². The molecule has 110 heavy (non-hydrogen) atoms. The van der Waals surface area contributed by atoms with Crippen LogP contribution in [-0.4, -0.2) is 63.3 Å². The van der Waals surface area contributed by atoms with Gasteiger partial charge >= 0.3 is 0 Å². The number of allylic oxidation sites excluding steroid dienone is 2. The molecular formula is C106H150N3Si+. The standard InChI is InChI=1S/2C19H14.2C15H12.C9H11N2.C4H12Si.C3H9N.11C2H6/c1-13-7-6-12-18-16-9-3-2-8-14(16)15-10-4-5-11-17(15)19(13)18;1-13-10-11-18-16-8-3-2-6-14(16)15-7-4-5-9-17(15)19(18)12-13;1-11-10-12-6-2-3-8-14(12)15-9-5-4-7-13(11)15;1-11-5-4-8-15-13(11)10-9-12-6-2-3-7-14(12)15;1-7-10-8-5-3-4-6-9(8)11(7)2;1-5(2,3)4;1-4(2)3;11*1-2/h2*2-12H,1H3;2*2-10H,1H3;3-6,9H,1-2H3;1-4H3;1-3H3;11*1-2H3/q;;;;+1;;;;;;;;;;;;;. The van der Waals surface area contributed by atoms with Crippen LogP contribution in [0.3, 0.4) is 0 Å². The minimum atomic E-state index is -0.611. The van der Waals surface area contributed by atoms with E-state index in [2.05, 4.69) is 331 Å². The van der Waals surface area contributed by atoms with Crippen LogP contribution in [0, 0.1) is 27.7 Å². The molecule has 0 amide bonds. The van der Waals surface area contributed by atoms with Crippen molar-refractivity contribution in [2.24, 2.45) is 4.99 Å². The van der Waals surface area contributed by atoms with Gasteiger partial charge in [0.1, 0.15) is 0 Å². The Morgan fingerprint density at radius 1 is 0.282 bits per heavy atom. The van der Waals surface area contributed by atoms with Crippen molar-refractivity contribution in [1.82, 2.24) is 4.90 Å². The topological polar surface area (TPSA) is 18.6 Å². The van der Waals surface area contributed by atoms with E-state index in [1.54, 1.807) is 0 Å². The third-order valence-electron chi connectivity index (χ3n) is 16.0. The molecule has 0 saturated carbocycles. The number of aliphatic imine (C=N–C) groups is 1. The molecule has 2 aliphatic rings. The van der Waals surface area contributed by atoms with Gasteiger partial charge in [-0.3, -0.25) is 4.58 Å². The summed E-state index contributed by atoms with van der Waals surface area (Å²) in [7, 11) is 7.46. The Labute approximate surface area is 674 Å². The molecule has 1 atom stereocenters. The minimum absolute atomic E-state index is 0.389. The van der Waals surface area contributed by atoms with Crippen LogP contribution < -0.4 is 0 Å². The van der Waals surface area contributed by atoms with Crippen molar-refractivity contribution in [3.63, 3.8) is 0 Å². The molecule has 4 heteroatoms. The maximum atomic E-state index is 4.41. The van der Waals surface area contributed by atoms with Crippen LogP contribution >= 0.6 is 0 Å². The Morgan fingerprint density at radius 2 is 0.564 bits per heavy atom. The van der Waals surface area contributed by atoms with Crippen molar-refractivity contribution < 1.29 is 4.58 Å². The number of amidine groups is 1. The van der Waals surface area contributed by atoms with Crippen LogP contribution in [0.4, 0.5) is 0 Å². The zero-order valence-corrected chi connectivity index (χ0v) is 76.8. The highest BCUT2D eigenvalue weighted by molar-refractivity contribution is 6.74. The van der Waals surface area contributed by atoms with Crippen LogP contribution in [0.5, 0.6) is 0 Å². The monoisotopic (exact) mass is 1490 g/mol. The molecule has 0 N–H and O–H groups in total. The second-order valence-corrected chi connectivity index (χ2v) is 31.4. The van der Waals surface area contributed by atoms with Gasteiger partial charge in [0.25, 0.3) is 5.84 Å². The first-order valence-electron chi connectivity index (χ1n) is 41.9. The lowest BCUT2D eigenvalue weighted by Crippen LogP contribution is -2.26. The van der Waals surface area contributed by atoms with E-state index in [0.29, 0.717) is 6.04 Å². The second kappa shape index (κ2) is 58.6. The largest absolute Gasteiger partial charge is 0.312 e. The molecule has 16 rings (SSSR count). The Kier molecular flexibility index (Phi) is 54.7. The first-order valence-corrected chi connectivity index (χ1v) is 45.9. The average Bonchev–Trinajstić information content (AvgIpc) is 0.917. The van der Waals surface area contributed by atoms with Gasteiger partial charge in [-0.15, -0.1) is 0 Å². The van der Waals surface area contributed by atoms with E-state index in [0.717, 1.165) is 11.5 Å². The fourth-order valence-corrected chi connectivity index (χ4v) is 12.0. The van der Waals surface area contributed by atoms with Crippen LogP contribution in [-0.2, 0) is 0 Å². The molecule has 0 saturated heterocycles. The molecule has 14 aromatic rings. The van der Waals surface area contributed by atoms with Crippen molar-refractivity contribution >= 4 is 127 Å². The zero-order valence-electron chi connectivity index (χ0n) is 75.8. The predicted octanol–water partition coefficient (Wildman–Crippen LogP) is 33.9. The summed E-state index contributed by atoms with van der Waals surface area (Å²) in [6, 6.07) is 87.4. The summed E-state index contributed by atoms with van der Waals surface area (Å²) in [5.74, 6) is 1.10. The zero-order chi connectivity index (χ0) is 84.1. The Hall–Kier alpha value is -9.32. The number of nitrogens with zero attached hydrogens (tertiary/aromatic N) is 3. The van der Waals surface area contributed by atoms with Crippen molar-refractivity contribution in [2.75, 3.05) is 28.2 Å². The second-order valence-electron chi connectivity index (χ2n) is 25.4. The van der Waals surface area contributed by atoms with E-state index in [1.165, 1.54) is 130 Å². The fraction of sp³-hybridized carbons (Fsp3) is 0.340. The molecule has 1 heterocycles. The molecule has 592 valence electrons. The molecule has 0 aromatic heterocycles. The number of aryl methyl sites for hydroxylation is 4. The summed E-state index contributed by atoms with van der Waals surface area (Å²) in [6.45, 7) is 64.0. The smallest absolute Gasteiger partial charge is 0.291 e. The van der Waals surface area contributed by atoms with E-state index in [-0.39, 0.29) is 0 Å². The summed E-state index contributed by atoms with van der Waals surface area (Å²) >= 11 is 0. The van der Waals surface area contributed by atoms with E-state index < -0.39 is 8.07 Å². The van der Waals surface area contributed by atoms with Crippen LogP contribution in [0.2, 0.25) is 26.2 Å². The highest BCUT2D eigenvalue weighted by Gasteiger charge is 2.30. The predicted molar refractivity (Wildman–Crippen MR) is 520 cm³/mol. The van der Waals surface area contributed by atoms with E-state index in [4.69, 9.17) is 0 Å². The van der Waals surface area contributed by atoms with Crippen LogP contribution in [0.15, 0.2) is 272 Å². The van der Waals surface area contributed by atoms with Gasteiger partial charge in [-0.05, 0) is 190 Å². The number of fused-ring (bicyclic) bond motifs is 19. The molecule has 3 nitrogen and oxygen atoms in total. The van der Waals surface area contributed by atoms with Gasteiger partial charge in [0.05, 0.1) is 7.05 Å². The van der Waals surface area contributed by atoms with Gasteiger partial charge in [-0.2, -0.15) is 0 Å². The SMILES string of the molecule is CC.CC.CC.CC.CC.CC.CC.CC.CC.CC.CC.CC1=[N+](C)C2C=CC=CC2=N1.CN(C)C.C[Si](C)(C)C.Cc1cc2ccccc2c2ccccc12.Cc1ccc2c3ccccc3c3ccccc3c2c1.Cc1cccc2c1ccc1ccccc12.Cc1cccc2c3ccccc3c3ccccc3c12. The maximum Gasteiger partial charge on any atom is 0.291 e. The summed E-state index contributed by atoms with van der Waals surface area (Å²) in [4.78, 5) is 6.41. The van der Waals surface area contributed by atoms with Crippen molar-refractivity contribution in [3.8, 4) is 0 Å². The number of hydrogen-bond donors (Lipinski definition) is 0.